The van der Waals surface area contributed by atoms with Gasteiger partial charge in [0.15, 0.2) is 5.82 Å². The Hall–Kier alpha value is -1.40. The second kappa shape index (κ2) is 4.63. The van der Waals surface area contributed by atoms with Crippen LogP contribution in [0.3, 0.4) is 0 Å². The molecule has 2 heterocycles. The minimum absolute atomic E-state index is 0.0638. The van der Waals surface area contributed by atoms with E-state index in [2.05, 4.69) is 20.8 Å². The summed E-state index contributed by atoms with van der Waals surface area (Å²) in [5.41, 5.74) is 0.921. The Bertz CT molecular complexity index is 377. The van der Waals surface area contributed by atoms with E-state index in [4.69, 9.17) is 4.74 Å². The third kappa shape index (κ3) is 2.40. The van der Waals surface area contributed by atoms with Crippen LogP contribution in [-0.4, -0.2) is 41.9 Å². The molecule has 6 nitrogen and oxygen atoms in total. The van der Waals surface area contributed by atoms with Crippen LogP contribution in [0.2, 0.25) is 0 Å². The molecule has 1 saturated heterocycles. The fourth-order valence-corrected chi connectivity index (χ4v) is 1.78. The molecule has 1 fully saturated rings. The first-order chi connectivity index (χ1) is 7.69. The van der Waals surface area contributed by atoms with E-state index >= 15 is 0 Å². The summed E-state index contributed by atoms with van der Waals surface area (Å²) in [6, 6.07) is 1.60. The first-order valence-corrected chi connectivity index (χ1v) is 5.28. The summed E-state index contributed by atoms with van der Waals surface area (Å²) in [4.78, 5) is 11.8. The Labute approximate surface area is 93.8 Å². The topological polar surface area (TPSA) is 79.0 Å². The van der Waals surface area contributed by atoms with Gasteiger partial charge in [-0.1, -0.05) is 0 Å². The number of ether oxygens (including phenoxy) is 1. The highest BCUT2D eigenvalue weighted by Gasteiger charge is 2.29. The number of carbonyl (C=O) groups excluding carboxylic acids is 1. The van der Waals surface area contributed by atoms with Crippen molar-refractivity contribution >= 4 is 11.7 Å². The smallest absolute Gasteiger partial charge is 0.242 e. The van der Waals surface area contributed by atoms with Crippen molar-refractivity contribution in [2.45, 2.75) is 25.5 Å². The fraction of sp³-hybridized carbons (Fsp3) is 0.600. The monoisotopic (exact) mass is 224 g/mol. The van der Waals surface area contributed by atoms with Crippen molar-refractivity contribution in [3.8, 4) is 0 Å². The van der Waals surface area contributed by atoms with Crippen molar-refractivity contribution in [1.82, 2.24) is 15.5 Å². The van der Waals surface area contributed by atoms with E-state index in [-0.39, 0.29) is 18.1 Å². The number of nitrogens with zero attached hydrogens (tertiary/aromatic N) is 1. The van der Waals surface area contributed by atoms with Gasteiger partial charge >= 0.3 is 0 Å². The number of H-pyrrole nitrogens is 1. The maximum atomic E-state index is 11.8. The molecule has 0 aliphatic carbocycles. The molecule has 88 valence electrons. The van der Waals surface area contributed by atoms with Gasteiger partial charge in [-0.05, 0) is 13.3 Å². The summed E-state index contributed by atoms with van der Waals surface area (Å²) in [6.45, 7) is 2.60. The van der Waals surface area contributed by atoms with Crippen LogP contribution in [0.25, 0.3) is 0 Å². The zero-order valence-corrected chi connectivity index (χ0v) is 9.41. The van der Waals surface area contributed by atoms with Crippen LogP contribution in [-0.2, 0) is 9.53 Å². The molecule has 1 amide bonds. The van der Waals surface area contributed by atoms with E-state index in [0.717, 1.165) is 5.69 Å². The Morgan fingerprint density at radius 3 is 3.06 bits per heavy atom. The number of carbonyl (C=O) groups is 1. The number of aryl methyl sites for hydroxylation is 1. The predicted octanol–water partition coefficient (Wildman–Crippen LogP) is 0.0335. The lowest BCUT2D eigenvalue weighted by atomic mass is 10.2. The highest BCUT2D eigenvalue weighted by Crippen LogP contribution is 2.12. The van der Waals surface area contributed by atoms with Gasteiger partial charge in [0.25, 0.3) is 0 Å². The zero-order chi connectivity index (χ0) is 11.5. The van der Waals surface area contributed by atoms with Crippen LogP contribution in [0.15, 0.2) is 6.07 Å². The van der Waals surface area contributed by atoms with Crippen LogP contribution in [0.4, 0.5) is 5.82 Å². The number of rotatable bonds is 3. The molecule has 6 heteroatoms. The van der Waals surface area contributed by atoms with Gasteiger partial charge in [0.05, 0.1) is 12.1 Å². The molecule has 0 aromatic carbocycles. The minimum Gasteiger partial charge on any atom is -0.380 e. The number of amides is 1. The number of aromatic amines is 1. The van der Waals surface area contributed by atoms with E-state index in [1.807, 2.05) is 6.92 Å². The average molecular weight is 224 g/mol. The van der Waals surface area contributed by atoms with E-state index in [0.29, 0.717) is 18.8 Å². The van der Waals surface area contributed by atoms with Crippen LogP contribution in [0, 0.1) is 6.92 Å². The number of hydrogen-bond donors (Lipinski definition) is 3. The second-order valence-corrected chi connectivity index (χ2v) is 3.98. The van der Waals surface area contributed by atoms with Gasteiger partial charge in [-0.25, -0.2) is 0 Å². The Morgan fingerprint density at radius 1 is 1.69 bits per heavy atom. The third-order valence-corrected chi connectivity index (χ3v) is 2.70. The van der Waals surface area contributed by atoms with Crippen molar-refractivity contribution in [3.05, 3.63) is 11.8 Å². The van der Waals surface area contributed by atoms with Crippen molar-refractivity contribution < 1.29 is 9.53 Å². The summed E-state index contributed by atoms with van der Waals surface area (Å²) in [7, 11) is 1.66. The largest absolute Gasteiger partial charge is 0.380 e. The highest BCUT2D eigenvalue weighted by atomic mass is 16.5. The third-order valence-electron chi connectivity index (χ3n) is 2.70. The number of aromatic nitrogens is 2. The van der Waals surface area contributed by atoms with Gasteiger partial charge in [0.1, 0.15) is 0 Å². The molecular formula is C10H16N4O2. The van der Waals surface area contributed by atoms with E-state index < -0.39 is 0 Å². The number of methoxy groups -OCH3 is 1. The molecule has 1 aliphatic rings. The summed E-state index contributed by atoms with van der Waals surface area (Å²) in [5, 5.41) is 12.6. The maximum absolute atomic E-state index is 11.8. The molecule has 1 aromatic rings. The molecule has 1 aromatic heterocycles. The van der Waals surface area contributed by atoms with E-state index in [1.165, 1.54) is 0 Å². The quantitative estimate of drug-likeness (QED) is 0.677. The van der Waals surface area contributed by atoms with Crippen molar-refractivity contribution in [2.24, 2.45) is 0 Å². The SMILES string of the molecule is COC1CNC(C(=O)Nc2cc(C)[nH]n2)C1. The summed E-state index contributed by atoms with van der Waals surface area (Å²) in [6.07, 6.45) is 0.822. The molecule has 2 rings (SSSR count). The maximum Gasteiger partial charge on any atom is 0.242 e. The van der Waals surface area contributed by atoms with Gasteiger partial charge in [0.2, 0.25) is 5.91 Å². The predicted molar refractivity (Wildman–Crippen MR) is 59.2 cm³/mol. The van der Waals surface area contributed by atoms with Gasteiger partial charge in [-0.15, -0.1) is 0 Å². The molecule has 0 bridgehead atoms. The average Bonchev–Trinajstić information content (AvgIpc) is 2.87. The molecule has 0 spiro atoms. The van der Waals surface area contributed by atoms with Crippen molar-refractivity contribution in [3.63, 3.8) is 0 Å². The number of anilines is 1. The fourth-order valence-electron chi connectivity index (χ4n) is 1.78. The first kappa shape index (κ1) is 11.1. The first-order valence-electron chi connectivity index (χ1n) is 5.28. The number of nitrogens with one attached hydrogen (secondary N) is 3. The van der Waals surface area contributed by atoms with Crippen LogP contribution in [0.1, 0.15) is 12.1 Å². The molecular weight excluding hydrogens is 208 g/mol. The lowest BCUT2D eigenvalue weighted by molar-refractivity contribution is -0.118. The van der Waals surface area contributed by atoms with Crippen LogP contribution < -0.4 is 10.6 Å². The summed E-state index contributed by atoms with van der Waals surface area (Å²) >= 11 is 0. The van der Waals surface area contributed by atoms with Crippen LogP contribution in [0.5, 0.6) is 0 Å². The number of hydrogen-bond acceptors (Lipinski definition) is 4. The van der Waals surface area contributed by atoms with Gasteiger partial charge in [-0.3, -0.25) is 9.89 Å². The Kier molecular flexibility index (Phi) is 3.21. The molecule has 0 radical (unpaired) electrons. The molecule has 3 N–H and O–H groups in total. The molecule has 1 aliphatic heterocycles. The van der Waals surface area contributed by atoms with Crippen LogP contribution >= 0.6 is 0 Å². The lowest BCUT2D eigenvalue weighted by Gasteiger charge is -2.09. The lowest BCUT2D eigenvalue weighted by Crippen LogP contribution is -2.35. The van der Waals surface area contributed by atoms with E-state index in [1.54, 1.807) is 13.2 Å². The Balaban J connectivity index is 1.89. The summed E-state index contributed by atoms with van der Waals surface area (Å²) in [5.74, 6) is 0.496. The molecule has 16 heavy (non-hydrogen) atoms. The summed E-state index contributed by atoms with van der Waals surface area (Å²) < 4.78 is 5.18. The molecule has 2 atom stereocenters. The van der Waals surface area contributed by atoms with Crippen molar-refractivity contribution in [1.29, 1.82) is 0 Å². The van der Waals surface area contributed by atoms with E-state index in [9.17, 15) is 4.79 Å². The highest BCUT2D eigenvalue weighted by molar-refractivity contribution is 5.94. The molecule has 2 unspecified atom stereocenters. The standard InChI is InChI=1S/C10H16N4O2/c1-6-3-9(14-13-6)12-10(15)8-4-7(16-2)5-11-8/h3,7-8,11H,4-5H2,1-2H3,(H2,12,13,14,15). The second-order valence-electron chi connectivity index (χ2n) is 3.98. The molecule has 0 saturated carbocycles. The normalized spacial score (nSPS) is 24.6. The zero-order valence-electron chi connectivity index (χ0n) is 9.41. The van der Waals surface area contributed by atoms with Gasteiger partial charge in [0, 0.05) is 25.4 Å². The van der Waals surface area contributed by atoms with Gasteiger partial charge < -0.3 is 15.4 Å². The minimum atomic E-state index is -0.193. The van der Waals surface area contributed by atoms with Gasteiger partial charge in [-0.2, -0.15) is 5.10 Å². The Morgan fingerprint density at radius 2 is 2.50 bits per heavy atom. The van der Waals surface area contributed by atoms with Crippen molar-refractivity contribution in [2.75, 3.05) is 19.0 Å².